The molecule has 0 atom stereocenters. The summed E-state index contributed by atoms with van der Waals surface area (Å²) in [6, 6.07) is 14.2. The van der Waals surface area contributed by atoms with Crippen molar-refractivity contribution in [3.63, 3.8) is 0 Å². The Labute approximate surface area is 190 Å². The van der Waals surface area contributed by atoms with E-state index in [4.69, 9.17) is 14.4 Å². The largest absolute Gasteiger partial charge is 0.459 e. The van der Waals surface area contributed by atoms with Crippen molar-refractivity contribution in [1.82, 2.24) is 14.9 Å². The number of aromatic nitrogens is 2. The highest BCUT2D eigenvalue weighted by Crippen LogP contribution is 2.43. The van der Waals surface area contributed by atoms with Gasteiger partial charge in [-0.05, 0) is 43.4 Å². The minimum Gasteiger partial charge on any atom is -0.459 e. The molecule has 1 saturated carbocycles. The summed E-state index contributed by atoms with van der Waals surface area (Å²) in [6.45, 7) is 1.41. The van der Waals surface area contributed by atoms with Gasteiger partial charge in [0.2, 0.25) is 0 Å². The Kier molecular flexibility index (Phi) is 4.91. The summed E-state index contributed by atoms with van der Waals surface area (Å²) in [5, 5.41) is 7.04. The van der Waals surface area contributed by atoms with Crippen LogP contribution in [-0.2, 0) is 0 Å². The van der Waals surface area contributed by atoms with Gasteiger partial charge >= 0.3 is 0 Å². The highest BCUT2D eigenvalue weighted by atomic mass is 32.1. The van der Waals surface area contributed by atoms with Crippen LogP contribution in [0.5, 0.6) is 0 Å². The van der Waals surface area contributed by atoms with Crippen LogP contribution in [0.25, 0.3) is 21.3 Å². The third kappa shape index (κ3) is 3.66. The van der Waals surface area contributed by atoms with Crippen molar-refractivity contribution in [2.45, 2.75) is 37.6 Å². The van der Waals surface area contributed by atoms with Gasteiger partial charge in [0.25, 0.3) is 5.91 Å². The summed E-state index contributed by atoms with van der Waals surface area (Å²) in [6.07, 6.45) is 5.65. The van der Waals surface area contributed by atoms with E-state index >= 15 is 0 Å². The fourth-order valence-electron chi connectivity index (χ4n) is 4.39. The lowest BCUT2D eigenvalue weighted by atomic mass is 10.0. The predicted octanol–water partition coefficient (Wildman–Crippen LogP) is 5.55. The van der Waals surface area contributed by atoms with Crippen LogP contribution in [0.1, 0.15) is 48.0 Å². The van der Waals surface area contributed by atoms with Gasteiger partial charge in [-0.3, -0.25) is 4.79 Å². The summed E-state index contributed by atoms with van der Waals surface area (Å²) >= 11 is 1.69. The summed E-state index contributed by atoms with van der Waals surface area (Å²) in [5.41, 5.74) is 2.37. The van der Waals surface area contributed by atoms with E-state index < -0.39 is 0 Å². The molecule has 4 aromatic rings. The SMILES string of the molecule is O=C(c1ccco1)N1CCC(Nc2nc(C3CC3)nc3scc(-c4ccccc4)c23)CC1. The first-order chi connectivity index (χ1) is 15.8. The maximum atomic E-state index is 12.6. The number of benzene rings is 1. The van der Waals surface area contributed by atoms with Gasteiger partial charge in [-0.2, -0.15) is 0 Å². The molecule has 6 nitrogen and oxygen atoms in total. The van der Waals surface area contributed by atoms with Crippen LogP contribution in [0.3, 0.4) is 0 Å². The second kappa shape index (κ2) is 8.06. The molecule has 2 aliphatic rings. The molecule has 1 saturated heterocycles. The van der Waals surface area contributed by atoms with Gasteiger partial charge in [0.1, 0.15) is 16.5 Å². The molecule has 1 aliphatic heterocycles. The van der Waals surface area contributed by atoms with Gasteiger partial charge in [-0.15, -0.1) is 11.3 Å². The van der Waals surface area contributed by atoms with Gasteiger partial charge in [-0.1, -0.05) is 30.3 Å². The van der Waals surface area contributed by atoms with E-state index in [9.17, 15) is 4.79 Å². The molecule has 0 radical (unpaired) electrons. The lowest BCUT2D eigenvalue weighted by molar-refractivity contribution is 0.0686. The van der Waals surface area contributed by atoms with Gasteiger partial charge in [0.05, 0.1) is 11.6 Å². The fraction of sp³-hybridized carbons (Fsp3) is 0.320. The number of nitrogens with zero attached hydrogens (tertiary/aromatic N) is 3. The van der Waals surface area contributed by atoms with Crippen LogP contribution in [0.15, 0.2) is 58.5 Å². The maximum absolute atomic E-state index is 12.6. The molecule has 1 amide bonds. The van der Waals surface area contributed by atoms with Crippen molar-refractivity contribution < 1.29 is 9.21 Å². The van der Waals surface area contributed by atoms with E-state index in [2.05, 4.69) is 35.0 Å². The zero-order chi connectivity index (χ0) is 21.5. The number of anilines is 1. The number of carbonyl (C=O) groups excluding carboxylic acids is 1. The molecule has 0 unspecified atom stereocenters. The summed E-state index contributed by atoms with van der Waals surface area (Å²) < 4.78 is 5.28. The van der Waals surface area contributed by atoms with Crippen LogP contribution in [0.2, 0.25) is 0 Å². The predicted molar refractivity (Wildman–Crippen MR) is 126 cm³/mol. The van der Waals surface area contributed by atoms with E-state index in [-0.39, 0.29) is 11.9 Å². The molecular weight excluding hydrogens is 420 g/mol. The number of nitrogens with one attached hydrogen (secondary N) is 1. The number of amides is 1. The number of likely N-dealkylation sites (tertiary alicyclic amines) is 1. The Bertz CT molecular complexity index is 1240. The van der Waals surface area contributed by atoms with E-state index in [1.54, 1.807) is 29.7 Å². The summed E-state index contributed by atoms with van der Waals surface area (Å²) in [7, 11) is 0. The molecule has 1 aliphatic carbocycles. The molecule has 1 aromatic carbocycles. The van der Waals surface area contributed by atoms with E-state index in [1.165, 1.54) is 24.0 Å². The molecular formula is C25H24N4O2S. The number of thiophene rings is 1. The number of hydrogen-bond donors (Lipinski definition) is 1. The first kappa shape index (κ1) is 19.5. The van der Waals surface area contributed by atoms with Crippen molar-refractivity contribution in [2.75, 3.05) is 18.4 Å². The topological polar surface area (TPSA) is 71.3 Å². The lowest BCUT2D eigenvalue weighted by Crippen LogP contribution is -2.42. The van der Waals surface area contributed by atoms with Gasteiger partial charge in [0, 0.05) is 36.0 Å². The zero-order valence-electron chi connectivity index (χ0n) is 17.7. The number of hydrogen-bond acceptors (Lipinski definition) is 6. The number of fused-ring (bicyclic) bond motifs is 1. The van der Waals surface area contributed by atoms with Crippen molar-refractivity contribution in [1.29, 1.82) is 0 Å². The van der Waals surface area contributed by atoms with Crippen molar-refractivity contribution in [2.24, 2.45) is 0 Å². The van der Waals surface area contributed by atoms with Crippen LogP contribution < -0.4 is 5.32 Å². The molecule has 0 spiro atoms. The quantitative estimate of drug-likeness (QED) is 0.437. The second-order valence-electron chi connectivity index (χ2n) is 8.59. The van der Waals surface area contributed by atoms with Crippen molar-refractivity contribution in [3.8, 4) is 11.1 Å². The molecule has 4 heterocycles. The molecule has 7 heteroatoms. The van der Waals surface area contributed by atoms with Crippen molar-refractivity contribution >= 4 is 33.3 Å². The zero-order valence-corrected chi connectivity index (χ0v) is 18.5. The molecule has 6 rings (SSSR count). The second-order valence-corrected chi connectivity index (χ2v) is 9.45. The van der Waals surface area contributed by atoms with Crippen molar-refractivity contribution in [3.05, 3.63) is 65.7 Å². The fourth-order valence-corrected chi connectivity index (χ4v) is 5.35. The third-order valence-corrected chi connectivity index (χ3v) is 7.21. The highest BCUT2D eigenvalue weighted by Gasteiger charge is 2.30. The molecule has 3 aromatic heterocycles. The standard InChI is InChI=1S/C25H24N4O2S/c30-25(20-7-4-14-31-20)29-12-10-18(11-13-29)26-23-21-19(16-5-2-1-3-6-16)15-32-24(21)28-22(27-23)17-8-9-17/h1-7,14-15,17-18H,8-13H2,(H,26,27,28). The average Bonchev–Trinajstić information content (AvgIpc) is 3.36. The molecule has 2 fully saturated rings. The normalized spacial score (nSPS) is 17.1. The smallest absolute Gasteiger partial charge is 0.289 e. The Balaban J connectivity index is 1.27. The lowest BCUT2D eigenvalue weighted by Gasteiger charge is -2.32. The van der Waals surface area contributed by atoms with Crippen LogP contribution >= 0.6 is 11.3 Å². The third-order valence-electron chi connectivity index (χ3n) is 6.33. The minimum atomic E-state index is -0.0295. The first-order valence-electron chi connectivity index (χ1n) is 11.2. The molecule has 1 N–H and O–H groups in total. The summed E-state index contributed by atoms with van der Waals surface area (Å²) in [4.78, 5) is 25.4. The number of carbonyl (C=O) groups is 1. The van der Waals surface area contributed by atoms with Crippen LogP contribution in [-0.4, -0.2) is 39.9 Å². The minimum absolute atomic E-state index is 0.0295. The Morgan fingerprint density at radius 3 is 2.56 bits per heavy atom. The number of rotatable bonds is 5. The van der Waals surface area contributed by atoms with E-state index in [0.29, 0.717) is 24.8 Å². The maximum Gasteiger partial charge on any atom is 0.289 e. The Hall–Kier alpha value is -3.19. The number of furan rings is 1. The molecule has 162 valence electrons. The van der Waals surface area contributed by atoms with Gasteiger partial charge in [0.15, 0.2) is 5.76 Å². The van der Waals surface area contributed by atoms with Gasteiger partial charge < -0.3 is 14.6 Å². The Morgan fingerprint density at radius 1 is 1.03 bits per heavy atom. The first-order valence-corrected chi connectivity index (χ1v) is 12.1. The van der Waals surface area contributed by atoms with Crippen LogP contribution in [0.4, 0.5) is 5.82 Å². The van der Waals surface area contributed by atoms with E-state index in [1.807, 2.05) is 11.0 Å². The van der Waals surface area contributed by atoms with Gasteiger partial charge in [-0.25, -0.2) is 9.97 Å². The number of piperidine rings is 1. The Morgan fingerprint density at radius 2 is 1.84 bits per heavy atom. The molecule has 0 bridgehead atoms. The average molecular weight is 445 g/mol. The monoisotopic (exact) mass is 444 g/mol. The van der Waals surface area contributed by atoms with Crippen LogP contribution in [0, 0.1) is 0 Å². The summed E-state index contributed by atoms with van der Waals surface area (Å²) in [5.74, 6) is 2.78. The molecule has 32 heavy (non-hydrogen) atoms. The van der Waals surface area contributed by atoms with E-state index in [0.717, 1.165) is 34.7 Å². The highest BCUT2D eigenvalue weighted by molar-refractivity contribution is 7.17.